The van der Waals surface area contributed by atoms with Crippen LogP contribution < -0.4 is 10.5 Å². The molecule has 1 aromatic carbocycles. The van der Waals surface area contributed by atoms with Gasteiger partial charge in [-0.15, -0.1) is 11.8 Å². The molecule has 144 valence electrons. The first-order chi connectivity index (χ1) is 13.1. The van der Waals surface area contributed by atoms with E-state index in [0.717, 1.165) is 33.2 Å². The number of hydrogen-bond acceptors (Lipinski definition) is 7. The van der Waals surface area contributed by atoms with Crippen LogP contribution >= 0.6 is 11.8 Å². The van der Waals surface area contributed by atoms with Gasteiger partial charge in [-0.25, -0.2) is 4.98 Å². The number of nitrogens with zero attached hydrogens (tertiary/aromatic N) is 2. The zero-order valence-corrected chi connectivity index (χ0v) is 16.8. The third kappa shape index (κ3) is 5.60. The summed E-state index contributed by atoms with van der Waals surface area (Å²) in [6.45, 7) is 6.28. The Labute approximate surface area is 164 Å². The van der Waals surface area contributed by atoms with Crippen LogP contribution in [0.25, 0.3) is 11.1 Å². The summed E-state index contributed by atoms with van der Waals surface area (Å²) in [4.78, 5) is 4.42. The van der Waals surface area contributed by atoms with Gasteiger partial charge in [0, 0.05) is 25.0 Å². The molecule has 27 heavy (non-hydrogen) atoms. The predicted molar refractivity (Wildman–Crippen MR) is 108 cm³/mol. The third-order valence-electron chi connectivity index (χ3n) is 3.91. The number of nitrogens with two attached hydrogens (primary N) is 1. The van der Waals surface area contributed by atoms with E-state index in [4.69, 9.17) is 19.9 Å². The quantitative estimate of drug-likeness (QED) is 0.491. The maximum absolute atomic E-state index is 9.58. The molecule has 0 bridgehead atoms. The van der Waals surface area contributed by atoms with Gasteiger partial charge in [0.2, 0.25) is 0 Å². The van der Waals surface area contributed by atoms with Gasteiger partial charge in [0.05, 0.1) is 13.2 Å². The number of rotatable bonds is 10. The van der Waals surface area contributed by atoms with Crippen molar-refractivity contribution in [2.45, 2.75) is 18.9 Å². The van der Waals surface area contributed by atoms with E-state index in [1.807, 2.05) is 38.1 Å². The monoisotopic (exact) mass is 387 g/mol. The summed E-state index contributed by atoms with van der Waals surface area (Å²) < 4.78 is 16.0. The lowest BCUT2D eigenvalue weighted by Crippen LogP contribution is -2.05. The zero-order chi connectivity index (χ0) is 19.6. The molecule has 0 aliphatic rings. The average Bonchev–Trinajstić information content (AvgIpc) is 2.68. The molecule has 0 atom stereocenters. The summed E-state index contributed by atoms with van der Waals surface area (Å²) in [5, 5.41) is 10.4. The standard InChI is InChI=1S/C20H25N3O3S/c1-4-25-11-12-27-20-14(2)18(17(13-21)19(22)23-20)15-5-7-16(8-6-15)26-10-9-24-3/h5-8H,4,9-12H2,1-3H3,(H2,22,23). The van der Waals surface area contributed by atoms with Crippen molar-refractivity contribution >= 4 is 17.6 Å². The van der Waals surface area contributed by atoms with Crippen molar-refractivity contribution in [3.8, 4) is 22.9 Å². The van der Waals surface area contributed by atoms with Crippen LogP contribution in [0.15, 0.2) is 29.3 Å². The SMILES string of the molecule is CCOCCSc1nc(N)c(C#N)c(-c2ccc(OCCOC)cc2)c1C. The van der Waals surface area contributed by atoms with Crippen LogP contribution in [-0.4, -0.2) is 44.3 Å². The highest BCUT2D eigenvalue weighted by atomic mass is 32.2. The molecule has 0 saturated carbocycles. The Balaban J connectivity index is 2.31. The molecule has 1 aromatic heterocycles. The van der Waals surface area contributed by atoms with Crippen molar-refractivity contribution in [1.82, 2.24) is 4.98 Å². The summed E-state index contributed by atoms with van der Waals surface area (Å²) in [6, 6.07) is 9.81. The fourth-order valence-corrected chi connectivity index (χ4v) is 3.46. The molecule has 2 aromatic rings. The number of ether oxygens (including phenoxy) is 3. The number of anilines is 1. The minimum atomic E-state index is 0.248. The normalized spacial score (nSPS) is 10.6. The Morgan fingerprint density at radius 3 is 2.56 bits per heavy atom. The van der Waals surface area contributed by atoms with Crippen molar-refractivity contribution in [1.29, 1.82) is 5.26 Å². The zero-order valence-electron chi connectivity index (χ0n) is 15.9. The average molecular weight is 388 g/mol. The predicted octanol–water partition coefficient (Wildman–Crippen LogP) is 3.66. The van der Waals surface area contributed by atoms with Crippen LogP contribution in [0.2, 0.25) is 0 Å². The second-order valence-electron chi connectivity index (χ2n) is 5.70. The van der Waals surface area contributed by atoms with E-state index in [1.165, 1.54) is 0 Å². The van der Waals surface area contributed by atoms with E-state index in [9.17, 15) is 5.26 Å². The Morgan fingerprint density at radius 2 is 1.93 bits per heavy atom. The first-order valence-electron chi connectivity index (χ1n) is 8.75. The van der Waals surface area contributed by atoms with E-state index >= 15 is 0 Å². The van der Waals surface area contributed by atoms with E-state index in [2.05, 4.69) is 11.1 Å². The Kier molecular flexibility index (Phi) is 8.40. The van der Waals surface area contributed by atoms with E-state index in [-0.39, 0.29) is 5.82 Å². The molecular formula is C20H25N3O3S. The molecule has 7 heteroatoms. The maximum Gasteiger partial charge on any atom is 0.143 e. The molecule has 0 unspecified atom stereocenters. The van der Waals surface area contributed by atoms with Crippen molar-refractivity contribution in [2.75, 3.05) is 45.0 Å². The van der Waals surface area contributed by atoms with Gasteiger partial charge >= 0.3 is 0 Å². The molecule has 0 radical (unpaired) electrons. The number of nitrogen functional groups attached to an aromatic ring is 1. The van der Waals surface area contributed by atoms with Gasteiger partial charge in [-0.2, -0.15) is 5.26 Å². The van der Waals surface area contributed by atoms with Crippen LogP contribution in [-0.2, 0) is 9.47 Å². The van der Waals surface area contributed by atoms with Gasteiger partial charge in [0.1, 0.15) is 34.8 Å². The van der Waals surface area contributed by atoms with E-state index < -0.39 is 0 Å². The number of pyridine rings is 1. The van der Waals surface area contributed by atoms with Crippen molar-refractivity contribution in [2.24, 2.45) is 0 Å². The van der Waals surface area contributed by atoms with Crippen LogP contribution in [0.1, 0.15) is 18.1 Å². The number of hydrogen-bond donors (Lipinski definition) is 1. The highest BCUT2D eigenvalue weighted by Gasteiger charge is 2.17. The highest BCUT2D eigenvalue weighted by molar-refractivity contribution is 7.99. The van der Waals surface area contributed by atoms with Crippen LogP contribution in [0, 0.1) is 18.3 Å². The minimum Gasteiger partial charge on any atom is -0.491 e. The lowest BCUT2D eigenvalue weighted by molar-refractivity contribution is 0.146. The minimum absolute atomic E-state index is 0.248. The molecule has 6 nitrogen and oxygen atoms in total. The molecule has 1 heterocycles. The van der Waals surface area contributed by atoms with Gasteiger partial charge < -0.3 is 19.9 Å². The molecule has 2 N–H and O–H groups in total. The van der Waals surface area contributed by atoms with E-state index in [1.54, 1.807) is 18.9 Å². The summed E-state index contributed by atoms with van der Waals surface area (Å²) in [5.41, 5.74) is 9.12. The molecule has 2 rings (SSSR count). The summed E-state index contributed by atoms with van der Waals surface area (Å²) in [7, 11) is 1.64. The highest BCUT2D eigenvalue weighted by Crippen LogP contribution is 2.36. The molecule has 0 aliphatic carbocycles. The fraction of sp³-hybridized carbons (Fsp3) is 0.400. The molecule has 0 spiro atoms. The number of methoxy groups -OCH3 is 1. The largest absolute Gasteiger partial charge is 0.491 e. The first kappa shape index (κ1) is 21.0. The lowest BCUT2D eigenvalue weighted by atomic mass is 9.97. The van der Waals surface area contributed by atoms with Crippen LogP contribution in [0.3, 0.4) is 0 Å². The fourth-order valence-electron chi connectivity index (χ4n) is 2.59. The lowest BCUT2D eigenvalue weighted by Gasteiger charge is -2.15. The molecule has 0 amide bonds. The molecule has 0 saturated heterocycles. The van der Waals surface area contributed by atoms with Gasteiger partial charge in [-0.05, 0) is 37.1 Å². The summed E-state index contributed by atoms with van der Waals surface area (Å²) in [6.07, 6.45) is 0. The van der Waals surface area contributed by atoms with Crippen LogP contribution in [0.5, 0.6) is 5.75 Å². The maximum atomic E-state index is 9.58. The molecule has 0 aliphatic heterocycles. The third-order valence-corrected chi connectivity index (χ3v) is 4.95. The van der Waals surface area contributed by atoms with E-state index in [0.29, 0.717) is 32.0 Å². The number of aromatic nitrogens is 1. The van der Waals surface area contributed by atoms with Crippen LogP contribution in [0.4, 0.5) is 5.82 Å². The summed E-state index contributed by atoms with van der Waals surface area (Å²) in [5.74, 6) is 1.77. The van der Waals surface area contributed by atoms with Gasteiger partial charge in [-0.3, -0.25) is 0 Å². The van der Waals surface area contributed by atoms with Gasteiger partial charge in [0.25, 0.3) is 0 Å². The number of benzene rings is 1. The topological polar surface area (TPSA) is 90.4 Å². The first-order valence-corrected chi connectivity index (χ1v) is 9.73. The molecular weight excluding hydrogens is 362 g/mol. The Hall–Kier alpha value is -2.27. The number of nitriles is 1. The Morgan fingerprint density at radius 1 is 1.19 bits per heavy atom. The summed E-state index contributed by atoms with van der Waals surface area (Å²) >= 11 is 1.58. The second-order valence-corrected chi connectivity index (χ2v) is 6.78. The van der Waals surface area contributed by atoms with Crippen molar-refractivity contribution in [3.63, 3.8) is 0 Å². The van der Waals surface area contributed by atoms with Gasteiger partial charge in [-0.1, -0.05) is 12.1 Å². The van der Waals surface area contributed by atoms with Crippen molar-refractivity contribution in [3.05, 3.63) is 35.4 Å². The smallest absolute Gasteiger partial charge is 0.143 e. The molecule has 0 fully saturated rings. The Bertz CT molecular complexity index is 789. The number of thioether (sulfide) groups is 1. The van der Waals surface area contributed by atoms with Gasteiger partial charge in [0.15, 0.2) is 0 Å². The van der Waals surface area contributed by atoms with Crippen molar-refractivity contribution < 1.29 is 14.2 Å². The second kappa shape index (κ2) is 10.8.